The van der Waals surface area contributed by atoms with Gasteiger partial charge in [-0.2, -0.15) is 0 Å². The lowest BCUT2D eigenvalue weighted by molar-refractivity contribution is -0.142. The van der Waals surface area contributed by atoms with E-state index >= 15 is 0 Å². The number of hydrogen-bond donors (Lipinski definition) is 2. The van der Waals surface area contributed by atoms with Crippen molar-refractivity contribution in [3.05, 3.63) is 22.7 Å². The summed E-state index contributed by atoms with van der Waals surface area (Å²) < 4.78 is 1.47. The van der Waals surface area contributed by atoms with Crippen LogP contribution >= 0.6 is 0 Å². The average Bonchev–Trinajstić information content (AvgIpc) is 2.36. The molecule has 1 aromatic rings. The maximum Gasteiger partial charge on any atom is 0.306 e. The van der Waals surface area contributed by atoms with Crippen LogP contribution in [0.2, 0.25) is 0 Å². The Kier molecular flexibility index (Phi) is 3.64. The van der Waals surface area contributed by atoms with Crippen LogP contribution in [0.4, 0.5) is 5.82 Å². The minimum absolute atomic E-state index is 0.142. The van der Waals surface area contributed by atoms with Crippen molar-refractivity contribution in [3.8, 4) is 0 Å². The first-order chi connectivity index (χ1) is 8.58. The van der Waals surface area contributed by atoms with Gasteiger partial charge in [-0.25, -0.2) is 4.98 Å². The summed E-state index contributed by atoms with van der Waals surface area (Å²) in [6, 6.07) is 0.142. The molecule has 1 saturated carbocycles. The summed E-state index contributed by atoms with van der Waals surface area (Å²) >= 11 is 0. The van der Waals surface area contributed by atoms with E-state index in [1.807, 2.05) is 0 Å². The summed E-state index contributed by atoms with van der Waals surface area (Å²) in [6.45, 7) is 0. The van der Waals surface area contributed by atoms with Crippen molar-refractivity contribution in [1.82, 2.24) is 9.55 Å². The molecular weight excluding hydrogens is 234 g/mol. The van der Waals surface area contributed by atoms with Gasteiger partial charge in [-0.1, -0.05) is 0 Å². The van der Waals surface area contributed by atoms with E-state index in [-0.39, 0.29) is 17.5 Å². The van der Waals surface area contributed by atoms with Crippen molar-refractivity contribution < 1.29 is 9.90 Å². The Hall–Kier alpha value is -1.85. The normalized spacial score (nSPS) is 23.6. The maximum absolute atomic E-state index is 11.8. The predicted octanol–water partition coefficient (Wildman–Crippen LogP) is 0.836. The number of carboxylic acids is 1. The number of rotatable bonds is 3. The van der Waals surface area contributed by atoms with Gasteiger partial charge < -0.3 is 15.0 Å². The van der Waals surface area contributed by atoms with Crippen LogP contribution in [0.25, 0.3) is 0 Å². The summed E-state index contributed by atoms with van der Waals surface area (Å²) in [4.78, 5) is 26.6. The topological polar surface area (TPSA) is 84.2 Å². The second-order valence-corrected chi connectivity index (χ2v) is 4.72. The Balaban J connectivity index is 1.98. The lowest BCUT2D eigenvalue weighted by Crippen LogP contribution is -2.32. The molecule has 1 aliphatic rings. The fourth-order valence-corrected chi connectivity index (χ4v) is 2.27. The molecule has 6 heteroatoms. The average molecular weight is 251 g/mol. The molecule has 0 aromatic carbocycles. The fourth-order valence-electron chi connectivity index (χ4n) is 2.27. The second-order valence-electron chi connectivity index (χ2n) is 4.72. The Bertz CT molecular complexity index is 490. The molecule has 1 heterocycles. The van der Waals surface area contributed by atoms with Crippen LogP contribution in [0.3, 0.4) is 0 Å². The van der Waals surface area contributed by atoms with Gasteiger partial charge in [-0.05, 0) is 25.7 Å². The Morgan fingerprint density at radius 2 is 2.11 bits per heavy atom. The first kappa shape index (κ1) is 12.6. The van der Waals surface area contributed by atoms with E-state index in [1.54, 1.807) is 19.4 Å². The number of nitrogens with one attached hydrogen (secondary N) is 1. The lowest BCUT2D eigenvalue weighted by Gasteiger charge is -2.26. The van der Waals surface area contributed by atoms with Crippen molar-refractivity contribution >= 4 is 11.8 Å². The van der Waals surface area contributed by atoms with Crippen molar-refractivity contribution in [2.45, 2.75) is 31.7 Å². The van der Waals surface area contributed by atoms with E-state index < -0.39 is 5.97 Å². The number of carboxylic acid groups (broad SMARTS) is 1. The third kappa shape index (κ3) is 2.69. The molecule has 2 rings (SSSR count). The monoisotopic (exact) mass is 251 g/mol. The molecule has 0 unspecified atom stereocenters. The first-order valence-corrected chi connectivity index (χ1v) is 6.09. The van der Waals surface area contributed by atoms with Crippen molar-refractivity contribution in [2.75, 3.05) is 5.32 Å². The first-order valence-electron chi connectivity index (χ1n) is 6.09. The predicted molar refractivity (Wildman–Crippen MR) is 66.5 cm³/mol. The quantitative estimate of drug-likeness (QED) is 0.831. The van der Waals surface area contributed by atoms with Gasteiger partial charge in [0.1, 0.15) is 0 Å². The highest BCUT2D eigenvalue weighted by Gasteiger charge is 2.26. The van der Waals surface area contributed by atoms with Gasteiger partial charge in [0.15, 0.2) is 5.82 Å². The van der Waals surface area contributed by atoms with E-state index in [2.05, 4.69) is 10.3 Å². The molecule has 18 heavy (non-hydrogen) atoms. The van der Waals surface area contributed by atoms with Gasteiger partial charge in [-0.3, -0.25) is 9.59 Å². The van der Waals surface area contributed by atoms with Crippen LogP contribution in [0.1, 0.15) is 25.7 Å². The molecule has 0 spiro atoms. The zero-order valence-corrected chi connectivity index (χ0v) is 10.3. The van der Waals surface area contributed by atoms with Gasteiger partial charge in [0, 0.05) is 25.5 Å². The number of carbonyl (C=O) groups is 1. The molecule has 0 bridgehead atoms. The summed E-state index contributed by atoms with van der Waals surface area (Å²) in [7, 11) is 1.68. The van der Waals surface area contributed by atoms with Gasteiger partial charge >= 0.3 is 5.97 Å². The third-order valence-electron chi connectivity index (χ3n) is 3.43. The number of nitrogens with zero attached hydrogens (tertiary/aromatic N) is 2. The fraction of sp³-hybridized carbons (Fsp3) is 0.583. The summed E-state index contributed by atoms with van der Waals surface area (Å²) in [5.41, 5.74) is -0.155. The molecule has 0 radical (unpaired) electrons. The largest absolute Gasteiger partial charge is 0.481 e. The molecule has 1 aromatic heterocycles. The number of aromatic nitrogens is 2. The van der Waals surface area contributed by atoms with Crippen molar-refractivity contribution in [3.63, 3.8) is 0 Å². The number of aryl methyl sites for hydroxylation is 1. The Morgan fingerprint density at radius 1 is 1.44 bits per heavy atom. The zero-order chi connectivity index (χ0) is 13.1. The molecule has 1 aliphatic carbocycles. The molecule has 1 fully saturated rings. The van der Waals surface area contributed by atoms with Crippen LogP contribution in [-0.2, 0) is 11.8 Å². The van der Waals surface area contributed by atoms with Gasteiger partial charge in [0.25, 0.3) is 5.56 Å². The number of aliphatic carboxylic acids is 1. The van der Waals surface area contributed by atoms with Gasteiger partial charge in [0.2, 0.25) is 0 Å². The van der Waals surface area contributed by atoms with E-state index in [0.717, 1.165) is 12.8 Å². The Morgan fingerprint density at radius 3 is 2.72 bits per heavy atom. The molecule has 6 nitrogen and oxygen atoms in total. The lowest BCUT2D eigenvalue weighted by atomic mass is 9.86. The van der Waals surface area contributed by atoms with E-state index in [4.69, 9.17) is 5.11 Å². The molecule has 98 valence electrons. The van der Waals surface area contributed by atoms with E-state index in [0.29, 0.717) is 18.7 Å². The number of hydrogen-bond acceptors (Lipinski definition) is 4. The summed E-state index contributed by atoms with van der Waals surface area (Å²) in [6.07, 6.45) is 6.01. The molecule has 2 N–H and O–H groups in total. The highest BCUT2D eigenvalue weighted by atomic mass is 16.4. The highest BCUT2D eigenvalue weighted by molar-refractivity contribution is 5.70. The molecule has 0 saturated heterocycles. The highest BCUT2D eigenvalue weighted by Crippen LogP contribution is 2.25. The van der Waals surface area contributed by atoms with Crippen molar-refractivity contribution in [1.29, 1.82) is 0 Å². The zero-order valence-electron chi connectivity index (χ0n) is 10.3. The van der Waals surface area contributed by atoms with Crippen LogP contribution in [0, 0.1) is 5.92 Å². The van der Waals surface area contributed by atoms with Crippen LogP contribution in [0.15, 0.2) is 17.2 Å². The van der Waals surface area contributed by atoms with Crippen LogP contribution in [0.5, 0.6) is 0 Å². The molecule has 0 amide bonds. The summed E-state index contributed by atoms with van der Waals surface area (Å²) in [5, 5.41) is 12.0. The van der Waals surface area contributed by atoms with Crippen LogP contribution in [-0.4, -0.2) is 26.7 Å². The van der Waals surface area contributed by atoms with E-state index in [9.17, 15) is 9.59 Å². The van der Waals surface area contributed by atoms with E-state index in [1.165, 1.54) is 4.57 Å². The molecule has 0 atom stereocenters. The molecule has 0 aliphatic heterocycles. The van der Waals surface area contributed by atoms with Gasteiger partial charge in [0.05, 0.1) is 5.92 Å². The molecular formula is C12H17N3O3. The summed E-state index contributed by atoms with van der Waals surface area (Å²) in [5.74, 6) is -0.615. The standard InChI is InChI=1S/C12H17N3O3/c1-15-7-6-13-10(11(15)16)14-9-4-2-8(3-5-9)12(17)18/h6-9H,2-5H2,1H3,(H,13,14)(H,17,18). The van der Waals surface area contributed by atoms with Gasteiger partial charge in [-0.15, -0.1) is 0 Å². The smallest absolute Gasteiger partial charge is 0.306 e. The SMILES string of the molecule is Cn1ccnc(NC2CCC(C(=O)O)CC2)c1=O. The maximum atomic E-state index is 11.8. The third-order valence-corrected chi connectivity index (χ3v) is 3.43. The number of anilines is 1. The van der Waals surface area contributed by atoms with Crippen molar-refractivity contribution in [2.24, 2.45) is 13.0 Å². The Labute approximate surface area is 105 Å². The minimum atomic E-state index is -0.720. The van der Waals surface area contributed by atoms with Crippen LogP contribution < -0.4 is 10.9 Å². The minimum Gasteiger partial charge on any atom is -0.481 e. The second kappa shape index (κ2) is 5.20.